The second-order valence-corrected chi connectivity index (χ2v) is 7.15. The van der Waals surface area contributed by atoms with Crippen LogP contribution in [0.1, 0.15) is 46.2 Å². The molecule has 0 spiro atoms. The van der Waals surface area contributed by atoms with E-state index in [9.17, 15) is 0 Å². The average Bonchev–Trinajstić information content (AvgIpc) is 3.25. The van der Waals surface area contributed by atoms with Crippen molar-refractivity contribution >= 4 is 11.4 Å². The van der Waals surface area contributed by atoms with Crippen molar-refractivity contribution in [2.45, 2.75) is 40.2 Å². The van der Waals surface area contributed by atoms with Crippen molar-refractivity contribution in [3.8, 4) is 0 Å². The molecule has 2 aromatic carbocycles. The molecule has 4 rings (SSSR count). The number of furan rings is 1. The van der Waals surface area contributed by atoms with Gasteiger partial charge in [-0.2, -0.15) is 5.10 Å². The van der Waals surface area contributed by atoms with Crippen molar-refractivity contribution < 1.29 is 4.42 Å². The van der Waals surface area contributed by atoms with Crippen LogP contribution in [-0.2, 0) is 0 Å². The number of hydrogen-bond donors (Lipinski definition) is 0. The molecule has 1 aliphatic rings. The largest absolute Gasteiger partial charge is 0.464 e. The molecular formula is C23H24N2O. The van der Waals surface area contributed by atoms with Crippen molar-refractivity contribution in [1.82, 2.24) is 0 Å². The van der Waals surface area contributed by atoms with Crippen LogP contribution in [-0.4, -0.2) is 5.71 Å². The Kier molecular flexibility index (Phi) is 4.15. The van der Waals surface area contributed by atoms with Crippen LogP contribution in [0, 0.1) is 27.7 Å². The van der Waals surface area contributed by atoms with Gasteiger partial charge in [0.2, 0.25) is 0 Å². The first-order valence-corrected chi connectivity index (χ1v) is 9.09. The maximum atomic E-state index is 5.96. The summed E-state index contributed by atoms with van der Waals surface area (Å²) in [4.78, 5) is 0. The minimum absolute atomic E-state index is 0.0853. The number of aryl methyl sites for hydroxylation is 4. The Morgan fingerprint density at radius 3 is 2.31 bits per heavy atom. The molecule has 0 N–H and O–H groups in total. The van der Waals surface area contributed by atoms with E-state index in [-0.39, 0.29) is 6.04 Å². The van der Waals surface area contributed by atoms with E-state index in [1.807, 2.05) is 19.1 Å². The number of benzene rings is 2. The van der Waals surface area contributed by atoms with Crippen LogP contribution in [0.15, 0.2) is 64.1 Å². The zero-order valence-corrected chi connectivity index (χ0v) is 15.8. The van der Waals surface area contributed by atoms with Gasteiger partial charge in [0.1, 0.15) is 17.6 Å². The lowest BCUT2D eigenvalue weighted by Crippen LogP contribution is -2.17. The highest BCUT2D eigenvalue weighted by molar-refractivity contribution is 6.04. The van der Waals surface area contributed by atoms with E-state index in [1.54, 1.807) is 0 Å². The van der Waals surface area contributed by atoms with Crippen molar-refractivity contribution in [3.63, 3.8) is 0 Å². The van der Waals surface area contributed by atoms with Gasteiger partial charge in [-0.25, -0.2) is 0 Å². The van der Waals surface area contributed by atoms with Gasteiger partial charge < -0.3 is 4.42 Å². The molecule has 26 heavy (non-hydrogen) atoms. The minimum atomic E-state index is 0.0853. The third-order valence-corrected chi connectivity index (χ3v) is 5.17. The topological polar surface area (TPSA) is 28.7 Å². The first-order valence-electron chi connectivity index (χ1n) is 9.09. The van der Waals surface area contributed by atoms with Crippen molar-refractivity contribution in [3.05, 3.63) is 88.4 Å². The monoisotopic (exact) mass is 344 g/mol. The van der Waals surface area contributed by atoms with E-state index in [2.05, 4.69) is 68.2 Å². The highest BCUT2D eigenvalue weighted by Crippen LogP contribution is 2.37. The van der Waals surface area contributed by atoms with Crippen LogP contribution < -0.4 is 5.01 Å². The summed E-state index contributed by atoms with van der Waals surface area (Å²) < 4.78 is 5.96. The van der Waals surface area contributed by atoms with Crippen LogP contribution in [0.3, 0.4) is 0 Å². The summed E-state index contributed by atoms with van der Waals surface area (Å²) in [6, 6.07) is 19.0. The molecule has 0 radical (unpaired) electrons. The summed E-state index contributed by atoms with van der Waals surface area (Å²) in [7, 11) is 0. The number of rotatable bonds is 3. The third-order valence-electron chi connectivity index (χ3n) is 5.17. The first-order chi connectivity index (χ1) is 12.5. The molecule has 0 unspecified atom stereocenters. The molecule has 0 saturated heterocycles. The van der Waals surface area contributed by atoms with Gasteiger partial charge >= 0.3 is 0 Å². The molecule has 1 aromatic heterocycles. The zero-order chi connectivity index (χ0) is 18.3. The maximum Gasteiger partial charge on any atom is 0.129 e. The highest BCUT2D eigenvalue weighted by Gasteiger charge is 2.32. The Bertz CT molecular complexity index is 969. The van der Waals surface area contributed by atoms with Crippen molar-refractivity contribution in [2.24, 2.45) is 5.10 Å². The molecule has 0 fully saturated rings. The zero-order valence-electron chi connectivity index (χ0n) is 15.8. The number of para-hydroxylation sites is 1. The Hall–Kier alpha value is -2.81. The van der Waals surface area contributed by atoms with Crippen LogP contribution in [0.4, 0.5) is 5.69 Å². The van der Waals surface area contributed by atoms with E-state index in [1.165, 1.54) is 22.3 Å². The normalized spacial score (nSPS) is 16.8. The Labute approximate surface area is 155 Å². The number of nitrogens with zero attached hydrogens (tertiary/aromatic N) is 2. The smallest absolute Gasteiger partial charge is 0.129 e. The number of hydrogen-bond acceptors (Lipinski definition) is 3. The SMILES string of the molecule is Cc1ccc([C@H]2CC(c3cc(C)c(C)cc3C)=NN2c2ccccc2)o1. The molecular weight excluding hydrogens is 320 g/mol. The minimum Gasteiger partial charge on any atom is -0.464 e. The van der Waals surface area contributed by atoms with E-state index in [4.69, 9.17) is 9.52 Å². The molecule has 132 valence electrons. The van der Waals surface area contributed by atoms with Crippen molar-refractivity contribution in [1.29, 1.82) is 0 Å². The van der Waals surface area contributed by atoms with Gasteiger partial charge in [-0.1, -0.05) is 24.3 Å². The lowest BCUT2D eigenvalue weighted by atomic mass is 9.95. The van der Waals surface area contributed by atoms with Gasteiger partial charge in [0, 0.05) is 12.0 Å². The molecule has 0 amide bonds. The number of anilines is 1. The quantitative estimate of drug-likeness (QED) is 0.594. The molecule has 2 heterocycles. The van der Waals surface area contributed by atoms with Gasteiger partial charge in [0.15, 0.2) is 0 Å². The molecule has 3 heteroatoms. The Morgan fingerprint density at radius 2 is 1.62 bits per heavy atom. The van der Waals surface area contributed by atoms with Gasteiger partial charge in [0.25, 0.3) is 0 Å². The lowest BCUT2D eigenvalue weighted by molar-refractivity contribution is 0.445. The van der Waals surface area contributed by atoms with Crippen LogP contribution in [0.5, 0.6) is 0 Å². The second kappa shape index (κ2) is 6.49. The van der Waals surface area contributed by atoms with Crippen LogP contribution >= 0.6 is 0 Å². The molecule has 3 aromatic rings. The Morgan fingerprint density at radius 1 is 0.885 bits per heavy atom. The average molecular weight is 344 g/mol. The summed E-state index contributed by atoms with van der Waals surface area (Å²) in [6.45, 7) is 8.48. The summed E-state index contributed by atoms with van der Waals surface area (Å²) in [5, 5.41) is 7.12. The van der Waals surface area contributed by atoms with Crippen LogP contribution in [0.25, 0.3) is 0 Å². The molecule has 0 aliphatic carbocycles. The Balaban J connectivity index is 1.79. The molecule has 0 bridgehead atoms. The van der Waals surface area contributed by atoms with E-state index in [0.717, 1.165) is 29.3 Å². The van der Waals surface area contributed by atoms with E-state index in [0.29, 0.717) is 0 Å². The van der Waals surface area contributed by atoms with E-state index >= 15 is 0 Å². The predicted octanol–water partition coefficient (Wildman–Crippen LogP) is 5.87. The summed E-state index contributed by atoms with van der Waals surface area (Å²) in [5.41, 5.74) is 7.34. The maximum absolute atomic E-state index is 5.96. The fraction of sp³-hybridized carbons (Fsp3) is 0.261. The highest BCUT2D eigenvalue weighted by atomic mass is 16.3. The predicted molar refractivity (Wildman–Crippen MR) is 107 cm³/mol. The fourth-order valence-electron chi connectivity index (χ4n) is 3.62. The second-order valence-electron chi connectivity index (χ2n) is 7.15. The van der Waals surface area contributed by atoms with Gasteiger partial charge in [-0.05, 0) is 74.7 Å². The van der Waals surface area contributed by atoms with Gasteiger partial charge in [-0.15, -0.1) is 0 Å². The fourth-order valence-corrected chi connectivity index (χ4v) is 3.62. The van der Waals surface area contributed by atoms with E-state index < -0.39 is 0 Å². The van der Waals surface area contributed by atoms with Gasteiger partial charge in [0.05, 0.1) is 11.4 Å². The molecule has 3 nitrogen and oxygen atoms in total. The first kappa shape index (κ1) is 16.6. The standard InChI is InChI=1S/C23H24N2O/c1-15-12-17(3)20(13-16(15)2)21-14-22(23-11-10-18(4)26-23)25(24-21)19-8-6-5-7-9-19/h5-13,22H,14H2,1-4H3/t22-/m1/s1. The number of hydrazone groups is 1. The molecule has 1 atom stereocenters. The summed E-state index contributed by atoms with van der Waals surface area (Å²) in [6.07, 6.45) is 0.838. The van der Waals surface area contributed by atoms with Crippen molar-refractivity contribution in [2.75, 3.05) is 5.01 Å². The summed E-state index contributed by atoms with van der Waals surface area (Å²) >= 11 is 0. The van der Waals surface area contributed by atoms with Gasteiger partial charge in [-0.3, -0.25) is 5.01 Å². The molecule has 1 aliphatic heterocycles. The summed E-state index contributed by atoms with van der Waals surface area (Å²) in [5.74, 6) is 1.90. The van der Waals surface area contributed by atoms with Crippen LogP contribution in [0.2, 0.25) is 0 Å². The third kappa shape index (κ3) is 2.94. The molecule has 0 saturated carbocycles. The lowest BCUT2D eigenvalue weighted by Gasteiger charge is -2.21.